The smallest absolute Gasteiger partial charge is 0.221 e. The highest BCUT2D eigenvalue weighted by atomic mass is 31.1. The molecule has 0 radical (unpaired) electrons. The molecule has 3 unspecified atom stereocenters. The summed E-state index contributed by atoms with van der Waals surface area (Å²) in [6.45, 7) is 2.12. The van der Waals surface area contributed by atoms with E-state index in [1.165, 1.54) is 0 Å². The fourth-order valence-electron chi connectivity index (χ4n) is 0.828. The van der Waals surface area contributed by atoms with Crippen molar-refractivity contribution in [2.24, 2.45) is 11.7 Å². The largest absolute Gasteiger partial charge is 0.369 e. The van der Waals surface area contributed by atoms with Gasteiger partial charge in [0.05, 0.1) is 0 Å². The molecule has 46 valence electrons. The van der Waals surface area contributed by atoms with Gasteiger partial charge in [0.1, 0.15) is 0 Å². The van der Waals surface area contributed by atoms with Gasteiger partial charge in [0.25, 0.3) is 0 Å². The first-order valence-electron chi connectivity index (χ1n) is 2.72. The second-order valence-corrected chi connectivity index (χ2v) is 3.46. The molecule has 3 heteroatoms. The lowest BCUT2D eigenvalue weighted by molar-refractivity contribution is -0.119. The Labute approximate surface area is 50.6 Å². The van der Waals surface area contributed by atoms with Crippen molar-refractivity contribution in [3.63, 3.8) is 0 Å². The zero-order valence-corrected chi connectivity index (χ0v) is 5.85. The van der Waals surface area contributed by atoms with Gasteiger partial charge in [0.15, 0.2) is 0 Å². The molecule has 2 N–H and O–H groups in total. The molecule has 0 aromatic rings. The van der Waals surface area contributed by atoms with Gasteiger partial charge in [0.2, 0.25) is 5.91 Å². The van der Waals surface area contributed by atoms with Crippen molar-refractivity contribution in [3.8, 4) is 0 Å². The Balaban J connectivity index is 2.26. The van der Waals surface area contributed by atoms with E-state index in [9.17, 15) is 4.79 Å². The van der Waals surface area contributed by atoms with Crippen LogP contribution >= 0.6 is 8.58 Å². The van der Waals surface area contributed by atoms with Crippen molar-refractivity contribution in [2.45, 2.75) is 12.1 Å². The zero-order chi connectivity index (χ0) is 6.15. The zero-order valence-electron chi connectivity index (χ0n) is 4.85. The third kappa shape index (κ3) is 1.00. The molecule has 1 aliphatic carbocycles. The molecule has 0 aliphatic heterocycles. The highest BCUT2D eigenvalue weighted by Crippen LogP contribution is 2.43. The van der Waals surface area contributed by atoms with E-state index in [0.717, 1.165) is 15.0 Å². The van der Waals surface area contributed by atoms with E-state index in [-0.39, 0.29) is 11.8 Å². The number of carbonyl (C=O) groups is 1. The number of carbonyl (C=O) groups excluding carboxylic acids is 1. The van der Waals surface area contributed by atoms with Crippen molar-refractivity contribution in [3.05, 3.63) is 0 Å². The molecular formula is C5H10NOP. The predicted molar refractivity (Wildman–Crippen MR) is 35.3 cm³/mol. The topological polar surface area (TPSA) is 43.1 Å². The van der Waals surface area contributed by atoms with Gasteiger partial charge in [-0.05, 0) is 18.7 Å². The average Bonchev–Trinajstić information content (AvgIpc) is 2.42. The van der Waals surface area contributed by atoms with Gasteiger partial charge in [0, 0.05) is 5.92 Å². The van der Waals surface area contributed by atoms with Gasteiger partial charge in [-0.1, -0.05) is 0 Å². The molecule has 1 fully saturated rings. The number of rotatable bonds is 2. The van der Waals surface area contributed by atoms with E-state index >= 15 is 0 Å². The number of hydrogen-bond donors (Lipinski definition) is 1. The van der Waals surface area contributed by atoms with Crippen LogP contribution in [0.15, 0.2) is 0 Å². The maximum Gasteiger partial charge on any atom is 0.221 e. The van der Waals surface area contributed by atoms with Crippen LogP contribution in [0.4, 0.5) is 0 Å². The Kier molecular flexibility index (Phi) is 1.52. The summed E-state index contributed by atoms with van der Waals surface area (Å²) in [5.74, 6) is 0.127. The fourth-order valence-corrected chi connectivity index (χ4v) is 1.88. The molecular weight excluding hydrogens is 121 g/mol. The van der Waals surface area contributed by atoms with Crippen molar-refractivity contribution < 1.29 is 4.79 Å². The van der Waals surface area contributed by atoms with Crippen LogP contribution in [-0.4, -0.2) is 18.2 Å². The molecule has 0 aromatic carbocycles. The first-order valence-corrected chi connectivity index (χ1v) is 4.30. The summed E-state index contributed by atoms with van der Waals surface area (Å²) in [7, 11) is 0.898. The highest BCUT2D eigenvalue weighted by Gasteiger charge is 2.39. The third-order valence-electron chi connectivity index (χ3n) is 1.53. The van der Waals surface area contributed by atoms with Crippen molar-refractivity contribution in [1.29, 1.82) is 0 Å². The van der Waals surface area contributed by atoms with E-state index < -0.39 is 0 Å². The van der Waals surface area contributed by atoms with Crippen LogP contribution in [-0.2, 0) is 4.79 Å². The fraction of sp³-hybridized carbons (Fsp3) is 0.800. The number of nitrogens with two attached hydrogens (primary N) is 1. The standard InChI is InChI=1S/C5H10NOP/c1-8-4-2-3(4)5(6)7/h3-4,8H,2H2,1H3,(H2,6,7). The molecule has 0 heterocycles. The summed E-state index contributed by atoms with van der Waals surface area (Å²) in [5, 5.41) is 0. The second kappa shape index (κ2) is 2.02. The molecule has 2 nitrogen and oxygen atoms in total. The molecule has 0 spiro atoms. The van der Waals surface area contributed by atoms with Crippen molar-refractivity contribution in [2.75, 3.05) is 6.66 Å². The van der Waals surface area contributed by atoms with Crippen LogP contribution in [0.5, 0.6) is 0 Å². The van der Waals surface area contributed by atoms with Gasteiger partial charge >= 0.3 is 0 Å². The summed E-state index contributed by atoms with van der Waals surface area (Å²) >= 11 is 0. The number of amides is 1. The number of primary amides is 1. The molecule has 1 rings (SSSR count). The van der Waals surface area contributed by atoms with Gasteiger partial charge in [-0.25, -0.2) is 0 Å². The van der Waals surface area contributed by atoms with Crippen molar-refractivity contribution >= 4 is 14.5 Å². The molecule has 1 aliphatic rings. The monoisotopic (exact) mass is 131 g/mol. The second-order valence-electron chi connectivity index (χ2n) is 2.14. The molecule has 8 heavy (non-hydrogen) atoms. The van der Waals surface area contributed by atoms with Crippen LogP contribution in [0.3, 0.4) is 0 Å². The minimum Gasteiger partial charge on any atom is -0.369 e. The maximum atomic E-state index is 10.4. The first-order chi connectivity index (χ1) is 3.75. The first kappa shape index (κ1) is 6.03. The lowest BCUT2D eigenvalue weighted by Gasteiger charge is -1.86. The molecule has 1 amide bonds. The van der Waals surface area contributed by atoms with E-state index in [1.54, 1.807) is 0 Å². The minimum absolute atomic E-state index is 0.107. The van der Waals surface area contributed by atoms with Gasteiger partial charge in [-0.2, -0.15) is 0 Å². The van der Waals surface area contributed by atoms with Gasteiger partial charge in [-0.15, -0.1) is 8.58 Å². The Morgan fingerprint density at radius 2 is 2.50 bits per heavy atom. The highest BCUT2D eigenvalue weighted by molar-refractivity contribution is 7.38. The Bertz CT molecular complexity index is 115. The molecule has 0 aromatic heterocycles. The predicted octanol–water partition coefficient (Wildman–Crippen LogP) is 0.168. The average molecular weight is 131 g/mol. The van der Waals surface area contributed by atoms with E-state index in [1.807, 2.05) is 0 Å². The van der Waals surface area contributed by atoms with Crippen LogP contribution in [0.25, 0.3) is 0 Å². The molecule has 3 atom stereocenters. The van der Waals surface area contributed by atoms with Crippen LogP contribution < -0.4 is 5.73 Å². The molecule has 0 saturated heterocycles. The summed E-state index contributed by atoms with van der Waals surface area (Å²) in [6.07, 6.45) is 1.05. The lowest BCUT2D eigenvalue weighted by Crippen LogP contribution is -2.14. The minimum atomic E-state index is -0.107. The van der Waals surface area contributed by atoms with Crippen LogP contribution in [0.2, 0.25) is 0 Å². The Hall–Kier alpha value is -0.100. The summed E-state index contributed by atoms with van der Waals surface area (Å²) in [5.41, 5.74) is 5.68. The van der Waals surface area contributed by atoms with E-state index in [4.69, 9.17) is 5.73 Å². The summed E-state index contributed by atoms with van der Waals surface area (Å²) < 4.78 is 0. The van der Waals surface area contributed by atoms with E-state index in [0.29, 0.717) is 5.66 Å². The summed E-state index contributed by atoms with van der Waals surface area (Å²) in [6, 6.07) is 0. The third-order valence-corrected chi connectivity index (χ3v) is 2.91. The van der Waals surface area contributed by atoms with Crippen molar-refractivity contribution in [1.82, 2.24) is 0 Å². The summed E-state index contributed by atoms with van der Waals surface area (Å²) in [4.78, 5) is 10.4. The van der Waals surface area contributed by atoms with Crippen LogP contribution in [0, 0.1) is 5.92 Å². The maximum absolute atomic E-state index is 10.4. The molecule has 0 bridgehead atoms. The van der Waals surface area contributed by atoms with E-state index in [2.05, 4.69) is 6.66 Å². The Morgan fingerprint density at radius 3 is 2.62 bits per heavy atom. The number of hydrogen-bond acceptors (Lipinski definition) is 1. The quantitative estimate of drug-likeness (QED) is 0.533. The van der Waals surface area contributed by atoms with Gasteiger partial charge in [-0.3, -0.25) is 4.79 Å². The normalized spacial score (nSPS) is 36.1. The molecule has 1 saturated carbocycles. The lowest BCUT2D eigenvalue weighted by atomic mass is 10.4. The van der Waals surface area contributed by atoms with Crippen LogP contribution in [0.1, 0.15) is 6.42 Å². The Morgan fingerprint density at radius 1 is 1.88 bits per heavy atom. The SMILES string of the molecule is CPC1CC1C(N)=O. The van der Waals surface area contributed by atoms with Gasteiger partial charge < -0.3 is 5.73 Å².